The van der Waals surface area contributed by atoms with E-state index in [1.54, 1.807) is 0 Å². The topological polar surface area (TPSA) is 9.23 Å². The lowest BCUT2D eigenvalue weighted by Gasteiger charge is -2.30. The van der Waals surface area contributed by atoms with Crippen molar-refractivity contribution in [1.29, 1.82) is 0 Å². The molecule has 0 radical (unpaired) electrons. The van der Waals surface area contributed by atoms with Crippen LogP contribution in [-0.4, -0.2) is 12.2 Å². The largest absolute Gasteiger partial charge is 0.376 e. The third-order valence-corrected chi connectivity index (χ3v) is 3.97. The van der Waals surface area contributed by atoms with Crippen LogP contribution in [0.1, 0.15) is 72.6 Å². The predicted molar refractivity (Wildman–Crippen MR) is 79.9 cm³/mol. The first-order valence-electron chi connectivity index (χ1n) is 7.51. The Bertz CT molecular complexity index is 301. The van der Waals surface area contributed by atoms with E-state index in [1.807, 2.05) is 0 Å². The van der Waals surface area contributed by atoms with Gasteiger partial charge >= 0.3 is 0 Å². The molecule has 1 aliphatic rings. The fraction of sp³-hybridized carbons (Fsp3) is 0.765. The quantitative estimate of drug-likeness (QED) is 0.595. The van der Waals surface area contributed by atoms with Gasteiger partial charge in [0.05, 0.1) is 5.60 Å². The molecule has 1 nitrogen and oxygen atoms in total. The van der Waals surface area contributed by atoms with E-state index < -0.39 is 0 Å². The first-order valence-corrected chi connectivity index (χ1v) is 7.51. The van der Waals surface area contributed by atoms with Crippen LogP contribution in [0.4, 0.5) is 0 Å². The lowest BCUT2D eigenvalue weighted by atomic mass is 9.90. The van der Waals surface area contributed by atoms with Crippen molar-refractivity contribution in [3.63, 3.8) is 0 Å². The van der Waals surface area contributed by atoms with Gasteiger partial charge in [-0.1, -0.05) is 23.3 Å². The molecule has 1 atom stereocenters. The smallest absolute Gasteiger partial charge is 0.0657 e. The summed E-state index contributed by atoms with van der Waals surface area (Å²) in [5.74, 6) is 0. The van der Waals surface area contributed by atoms with E-state index in [9.17, 15) is 0 Å². The van der Waals surface area contributed by atoms with Crippen molar-refractivity contribution in [3.05, 3.63) is 23.3 Å². The van der Waals surface area contributed by atoms with Crippen molar-refractivity contribution in [2.75, 3.05) is 6.61 Å². The monoisotopic (exact) mass is 250 g/mol. The van der Waals surface area contributed by atoms with Crippen molar-refractivity contribution < 1.29 is 4.74 Å². The minimum absolute atomic E-state index is 0.0742. The molecule has 1 heteroatoms. The van der Waals surface area contributed by atoms with Crippen molar-refractivity contribution >= 4 is 0 Å². The van der Waals surface area contributed by atoms with Gasteiger partial charge in [-0.05, 0) is 72.6 Å². The van der Waals surface area contributed by atoms with Crippen LogP contribution in [0.3, 0.4) is 0 Å². The molecule has 0 N–H and O–H groups in total. The van der Waals surface area contributed by atoms with Crippen LogP contribution in [0, 0.1) is 0 Å². The molecule has 0 fully saturated rings. The molecule has 0 amide bonds. The molecule has 1 aliphatic carbocycles. The summed E-state index contributed by atoms with van der Waals surface area (Å²) in [6.45, 7) is 9.74. The summed E-state index contributed by atoms with van der Waals surface area (Å²) < 4.78 is 6.00. The van der Waals surface area contributed by atoms with E-state index in [0.29, 0.717) is 0 Å². The van der Waals surface area contributed by atoms with E-state index in [-0.39, 0.29) is 5.60 Å². The highest BCUT2D eigenvalue weighted by atomic mass is 16.5. The zero-order chi connectivity index (χ0) is 13.4. The third-order valence-electron chi connectivity index (χ3n) is 3.97. The maximum Gasteiger partial charge on any atom is 0.0657 e. The van der Waals surface area contributed by atoms with Crippen LogP contribution >= 0.6 is 0 Å². The van der Waals surface area contributed by atoms with E-state index in [4.69, 9.17) is 4.74 Å². The van der Waals surface area contributed by atoms with Crippen molar-refractivity contribution in [3.8, 4) is 0 Å². The molecule has 0 spiro atoms. The van der Waals surface area contributed by atoms with Gasteiger partial charge in [0.1, 0.15) is 0 Å². The zero-order valence-corrected chi connectivity index (χ0v) is 12.7. The number of rotatable bonds is 2. The van der Waals surface area contributed by atoms with Gasteiger partial charge in [-0.15, -0.1) is 0 Å². The van der Waals surface area contributed by atoms with Crippen LogP contribution in [0.15, 0.2) is 23.3 Å². The van der Waals surface area contributed by atoms with Crippen LogP contribution < -0.4 is 0 Å². The van der Waals surface area contributed by atoms with Crippen LogP contribution in [0.2, 0.25) is 0 Å². The average molecular weight is 250 g/mol. The van der Waals surface area contributed by atoms with Gasteiger partial charge in [-0.25, -0.2) is 0 Å². The Kier molecular flexibility index (Phi) is 6.70. The second-order valence-corrected chi connectivity index (χ2v) is 5.91. The van der Waals surface area contributed by atoms with Crippen molar-refractivity contribution in [1.82, 2.24) is 0 Å². The highest BCUT2D eigenvalue weighted by molar-refractivity contribution is 5.05. The Morgan fingerprint density at radius 1 is 1.06 bits per heavy atom. The number of ether oxygens (including phenoxy) is 1. The normalized spacial score (nSPS) is 33.6. The van der Waals surface area contributed by atoms with E-state index in [2.05, 4.69) is 39.8 Å². The molecule has 0 saturated heterocycles. The Balaban J connectivity index is 2.68. The van der Waals surface area contributed by atoms with Crippen molar-refractivity contribution in [2.45, 2.75) is 78.2 Å². The second kappa shape index (κ2) is 7.78. The van der Waals surface area contributed by atoms with Gasteiger partial charge in [0, 0.05) is 6.61 Å². The third kappa shape index (κ3) is 5.86. The SMILES string of the molecule is CCOC1(C)CCC/C=C(\C)CC/C=C(\C)CC1. The van der Waals surface area contributed by atoms with Gasteiger partial charge in [-0.3, -0.25) is 0 Å². The van der Waals surface area contributed by atoms with Gasteiger partial charge in [-0.2, -0.15) is 0 Å². The summed E-state index contributed by atoms with van der Waals surface area (Å²) in [6, 6.07) is 0. The molecule has 0 aliphatic heterocycles. The van der Waals surface area contributed by atoms with Gasteiger partial charge in [0.15, 0.2) is 0 Å². The minimum Gasteiger partial charge on any atom is -0.376 e. The van der Waals surface area contributed by atoms with Gasteiger partial charge < -0.3 is 4.74 Å². The highest BCUT2D eigenvalue weighted by Gasteiger charge is 2.23. The minimum atomic E-state index is 0.0742. The first kappa shape index (κ1) is 15.5. The highest BCUT2D eigenvalue weighted by Crippen LogP contribution is 2.27. The molecule has 0 aromatic rings. The summed E-state index contributed by atoms with van der Waals surface area (Å²) in [5.41, 5.74) is 3.14. The summed E-state index contributed by atoms with van der Waals surface area (Å²) in [4.78, 5) is 0. The lowest BCUT2D eigenvalue weighted by molar-refractivity contribution is -0.0379. The fourth-order valence-corrected chi connectivity index (χ4v) is 2.65. The van der Waals surface area contributed by atoms with Crippen molar-refractivity contribution in [2.24, 2.45) is 0 Å². The van der Waals surface area contributed by atoms with E-state index in [0.717, 1.165) is 13.0 Å². The predicted octanol–water partition coefficient (Wildman–Crippen LogP) is 5.42. The zero-order valence-electron chi connectivity index (χ0n) is 12.7. The number of allylic oxidation sites excluding steroid dienone is 4. The molecule has 1 unspecified atom stereocenters. The number of hydrogen-bond acceptors (Lipinski definition) is 1. The van der Waals surface area contributed by atoms with Gasteiger partial charge in [0.25, 0.3) is 0 Å². The summed E-state index contributed by atoms with van der Waals surface area (Å²) in [5, 5.41) is 0. The lowest BCUT2D eigenvalue weighted by Crippen LogP contribution is -2.29. The number of hydrogen-bond donors (Lipinski definition) is 0. The summed E-state index contributed by atoms with van der Waals surface area (Å²) in [6.07, 6.45) is 13.2. The Hall–Kier alpha value is -0.560. The molecular weight excluding hydrogens is 220 g/mol. The molecule has 0 aromatic heterocycles. The molecule has 104 valence electrons. The maximum atomic E-state index is 6.00. The second-order valence-electron chi connectivity index (χ2n) is 5.91. The molecule has 0 heterocycles. The van der Waals surface area contributed by atoms with Crippen LogP contribution in [0.5, 0.6) is 0 Å². The molecule has 18 heavy (non-hydrogen) atoms. The van der Waals surface area contributed by atoms with Gasteiger partial charge in [0.2, 0.25) is 0 Å². The van der Waals surface area contributed by atoms with E-state index >= 15 is 0 Å². The van der Waals surface area contributed by atoms with Crippen LogP contribution in [-0.2, 0) is 4.74 Å². The molecule has 0 saturated carbocycles. The summed E-state index contributed by atoms with van der Waals surface area (Å²) >= 11 is 0. The molecular formula is C17H30O. The molecule has 1 rings (SSSR count). The standard InChI is InChI=1S/C17H30O/c1-5-18-17(4)13-7-6-9-15(2)10-8-11-16(3)12-14-17/h9,11H,5-8,10,12-14H2,1-4H3/b15-9+,16-11+. The van der Waals surface area contributed by atoms with E-state index in [1.165, 1.54) is 49.7 Å². The Morgan fingerprint density at radius 3 is 2.44 bits per heavy atom. The average Bonchev–Trinajstić information content (AvgIpc) is 2.32. The maximum absolute atomic E-state index is 6.00. The van der Waals surface area contributed by atoms with Crippen LogP contribution in [0.25, 0.3) is 0 Å². The fourth-order valence-electron chi connectivity index (χ4n) is 2.65. The first-order chi connectivity index (χ1) is 8.56. The Morgan fingerprint density at radius 2 is 1.72 bits per heavy atom. The molecule has 0 bridgehead atoms. The Labute approximate surface area is 113 Å². The molecule has 0 aromatic carbocycles. The summed E-state index contributed by atoms with van der Waals surface area (Å²) in [7, 11) is 0.